The molecule has 0 aliphatic carbocycles. The molecule has 2 aromatic carbocycles. The van der Waals surface area contributed by atoms with Gasteiger partial charge in [-0.3, -0.25) is 20.2 Å². The number of aryl methyl sites for hydroxylation is 2. The molecule has 1 aromatic heterocycles. The number of anilines is 1. The van der Waals surface area contributed by atoms with Crippen LogP contribution in [-0.2, 0) is 6.54 Å². The molecule has 0 unspecified atom stereocenters. The van der Waals surface area contributed by atoms with Crippen LogP contribution in [0.1, 0.15) is 28.1 Å². The molecule has 27 heavy (non-hydrogen) atoms. The fourth-order valence-corrected chi connectivity index (χ4v) is 2.81. The number of aromatic nitrogens is 2. The Hall–Kier alpha value is -3.48. The van der Waals surface area contributed by atoms with Gasteiger partial charge in [-0.15, -0.1) is 0 Å². The van der Waals surface area contributed by atoms with Crippen LogP contribution in [-0.4, -0.2) is 20.9 Å². The zero-order valence-electron chi connectivity index (χ0n) is 15.5. The average Bonchev–Trinajstić information content (AvgIpc) is 2.91. The molecule has 0 radical (unpaired) electrons. The summed E-state index contributed by atoms with van der Waals surface area (Å²) in [7, 11) is 0. The highest BCUT2D eigenvalue weighted by Crippen LogP contribution is 2.23. The molecule has 0 aliphatic heterocycles. The number of rotatable bonds is 6. The van der Waals surface area contributed by atoms with Crippen molar-refractivity contribution < 1.29 is 4.92 Å². The Morgan fingerprint density at radius 1 is 1.15 bits per heavy atom. The zero-order chi connectivity index (χ0) is 19.4. The second kappa shape index (κ2) is 7.82. The zero-order valence-corrected chi connectivity index (χ0v) is 15.5. The quantitative estimate of drug-likeness (QED) is 0.404. The standard InChI is InChI=1S/C20H21N5O2/c1-14-8-10-17(11-9-14)13-24-16(3)18(15(2)23-24)12-21-22-19-6-4-5-7-20(19)25(26)27/h4-12,22H,13H2,1-3H3/b21-12-. The van der Waals surface area contributed by atoms with Crippen molar-refractivity contribution in [1.82, 2.24) is 9.78 Å². The van der Waals surface area contributed by atoms with E-state index in [-0.39, 0.29) is 5.69 Å². The van der Waals surface area contributed by atoms with E-state index in [1.807, 2.05) is 18.5 Å². The molecule has 0 aliphatic rings. The van der Waals surface area contributed by atoms with Gasteiger partial charge in [0.2, 0.25) is 0 Å². The maximum Gasteiger partial charge on any atom is 0.294 e. The van der Waals surface area contributed by atoms with E-state index in [9.17, 15) is 10.1 Å². The summed E-state index contributed by atoms with van der Waals surface area (Å²) in [6.07, 6.45) is 1.65. The highest BCUT2D eigenvalue weighted by molar-refractivity contribution is 5.83. The monoisotopic (exact) mass is 363 g/mol. The van der Waals surface area contributed by atoms with Crippen LogP contribution in [0.5, 0.6) is 0 Å². The first-order chi connectivity index (χ1) is 13.0. The van der Waals surface area contributed by atoms with E-state index in [4.69, 9.17) is 0 Å². The minimum Gasteiger partial charge on any atom is -0.272 e. The third kappa shape index (κ3) is 4.20. The minimum absolute atomic E-state index is 0.0156. The van der Waals surface area contributed by atoms with Crippen molar-refractivity contribution in [3.8, 4) is 0 Å². The predicted molar refractivity (Wildman–Crippen MR) is 106 cm³/mol. The molecule has 0 saturated heterocycles. The number of hydrazone groups is 1. The Morgan fingerprint density at radius 2 is 1.85 bits per heavy atom. The lowest BCUT2D eigenvalue weighted by Crippen LogP contribution is -2.04. The minimum atomic E-state index is -0.437. The topological polar surface area (TPSA) is 85.3 Å². The highest BCUT2D eigenvalue weighted by Gasteiger charge is 2.12. The lowest BCUT2D eigenvalue weighted by Gasteiger charge is -2.05. The Kier molecular flexibility index (Phi) is 5.30. The van der Waals surface area contributed by atoms with E-state index in [0.29, 0.717) is 12.2 Å². The Morgan fingerprint density at radius 3 is 2.56 bits per heavy atom. The molecular formula is C20H21N5O2. The second-order valence-electron chi connectivity index (χ2n) is 6.37. The van der Waals surface area contributed by atoms with Gasteiger partial charge in [-0.1, -0.05) is 42.0 Å². The molecule has 1 N–H and O–H groups in total. The number of benzene rings is 2. The average molecular weight is 363 g/mol. The molecule has 7 nitrogen and oxygen atoms in total. The van der Waals surface area contributed by atoms with Crippen LogP contribution in [0.15, 0.2) is 53.6 Å². The summed E-state index contributed by atoms with van der Waals surface area (Å²) in [4.78, 5) is 10.6. The molecule has 0 fully saturated rings. The summed E-state index contributed by atoms with van der Waals surface area (Å²) in [5.74, 6) is 0. The number of nitrogens with one attached hydrogen (secondary N) is 1. The second-order valence-corrected chi connectivity index (χ2v) is 6.37. The van der Waals surface area contributed by atoms with Gasteiger partial charge in [-0.2, -0.15) is 10.2 Å². The Balaban J connectivity index is 1.78. The number of nitrogens with zero attached hydrogens (tertiary/aromatic N) is 4. The third-order valence-electron chi connectivity index (χ3n) is 4.37. The summed E-state index contributed by atoms with van der Waals surface area (Å²) in [6, 6.07) is 14.8. The first-order valence-electron chi connectivity index (χ1n) is 8.57. The number of nitro groups is 1. The van der Waals surface area contributed by atoms with Crippen LogP contribution in [0.25, 0.3) is 0 Å². The van der Waals surface area contributed by atoms with E-state index in [1.165, 1.54) is 17.2 Å². The van der Waals surface area contributed by atoms with Gasteiger partial charge in [-0.25, -0.2) is 0 Å². The third-order valence-corrected chi connectivity index (χ3v) is 4.37. The van der Waals surface area contributed by atoms with E-state index in [2.05, 4.69) is 46.8 Å². The highest BCUT2D eigenvalue weighted by atomic mass is 16.6. The van der Waals surface area contributed by atoms with Crippen molar-refractivity contribution in [3.05, 3.63) is 86.7 Å². The van der Waals surface area contributed by atoms with Gasteiger partial charge >= 0.3 is 0 Å². The van der Waals surface area contributed by atoms with Crippen molar-refractivity contribution in [1.29, 1.82) is 0 Å². The van der Waals surface area contributed by atoms with Crippen LogP contribution in [0.3, 0.4) is 0 Å². The van der Waals surface area contributed by atoms with Crippen LogP contribution in [0.4, 0.5) is 11.4 Å². The molecule has 3 rings (SSSR count). The summed E-state index contributed by atoms with van der Waals surface area (Å²) in [6.45, 7) is 6.65. The molecule has 1 heterocycles. The van der Waals surface area contributed by atoms with Crippen molar-refractivity contribution in [2.24, 2.45) is 5.10 Å². The van der Waals surface area contributed by atoms with Gasteiger partial charge in [0.05, 0.1) is 23.4 Å². The predicted octanol–water partition coefficient (Wildman–Crippen LogP) is 4.21. The lowest BCUT2D eigenvalue weighted by molar-refractivity contribution is -0.384. The molecule has 0 saturated carbocycles. The number of nitro benzene ring substituents is 1. The first kappa shape index (κ1) is 18.3. The summed E-state index contributed by atoms with van der Waals surface area (Å²) in [5.41, 5.74) is 8.22. The molecule has 3 aromatic rings. The van der Waals surface area contributed by atoms with Crippen molar-refractivity contribution >= 4 is 17.6 Å². The van der Waals surface area contributed by atoms with Crippen LogP contribution in [0.2, 0.25) is 0 Å². The molecule has 0 bridgehead atoms. The van der Waals surface area contributed by atoms with Crippen LogP contribution in [0, 0.1) is 30.9 Å². The smallest absolute Gasteiger partial charge is 0.272 e. The van der Waals surface area contributed by atoms with Gasteiger partial charge in [0.25, 0.3) is 5.69 Å². The Labute approximate surface area is 157 Å². The molecule has 7 heteroatoms. The molecule has 138 valence electrons. The Bertz CT molecular complexity index is 990. The summed E-state index contributed by atoms with van der Waals surface area (Å²) in [5, 5.41) is 19.8. The van der Waals surface area contributed by atoms with Crippen molar-refractivity contribution in [2.75, 3.05) is 5.43 Å². The van der Waals surface area contributed by atoms with E-state index in [1.54, 1.807) is 24.4 Å². The van der Waals surface area contributed by atoms with Crippen LogP contribution < -0.4 is 5.43 Å². The normalized spacial score (nSPS) is 11.1. The molecular weight excluding hydrogens is 342 g/mol. The van der Waals surface area contributed by atoms with Crippen molar-refractivity contribution in [3.63, 3.8) is 0 Å². The largest absolute Gasteiger partial charge is 0.294 e. The SMILES string of the molecule is Cc1ccc(Cn2nc(C)c(/C=N\Nc3ccccc3[N+](=O)[O-])c2C)cc1. The summed E-state index contributed by atoms with van der Waals surface area (Å²) < 4.78 is 1.94. The number of para-hydroxylation sites is 2. The summed E-state index contributed by atoms with van der Waals surface area (Å²) >= 11 is 0. The fraction of sp³-hybridized carbons (Fsp3) is 0.200. The van der Waals surface area contributed by atoms with Gasteiger partial charge in [0, 0.05) is 17.3 Å². The molecule has 0 amide bonds. The maximum absolute atomic E-state index is 11.1. The maximum atomic E-state index is 11.1. The first-order valence-corrected chi connectivity index (χ1v) is 8.57. The van der Waals surface area contributed by atoms with E-state index >= 15 is 0 Å². The molecule has 0 atom stereocenters. The fourth-order valence-electron chi connectivity index (χ4n) is 2.81. The lowest BCUT2D eigenvalue weighted by atomic mass is 10.1. The number of hydrogen-bond acceptors (Lipinski definition) is 5. The van der Waals surface area contributed by atoms with Gasteiger partial charge in [-0.05, 0) is 32.4 Å². The molecule has 0 spiro atoms. The van der Waals surface area contributed by atoms with Gasteiger partial charge in [0.1, 0.15) is 5.69 Å². The van der Waals surface area contributed by atoms with Gasteiger partial charge in [0.15, 0.2) is 0 Å². The van der Waals surface area contributed by atoms with Crippen LogP contribution >= 0.6 is 0 Å². The van der Waals surface area contributed by atoms with Crippen molar-refractivity contribution in [2.45, 2.75) is 27.3 Å². The van der Waals surface area contributed by atoms with E-state index < -0.39 is 4.92 Å². The van der Waals surface area contributed by atoms with E-state index in [0.717, 1.165) is 17.0 Å². The van der Waals surface area contributed by atoms with Gasteiger partial charge < -0.3 is 0 Å². The number of hydrogen-bond donors (Lipinski definition) is 1.